The van der Waals surface area contributed by atoms with Crippen LogP contribution >= 0.6 is 22.9 Å². The van der Waals surface area contributed by atoms with Gasteiger partial charge in [-0.3, -0.25) is 0 Å². The molecule has 0 radical (unpaired) electrons. The summed E-state index contributed by atoms with van der Waals surface area (Å²) in [6.45, 7) is 6.62. The Kier molecular flexibility index (Phi) is 11.2. The fourth-order valence-corrected chi connectivity index (χ4v) is 4.33. The van der Waals surface area contributed by atoms with E-state index in [1.807, 2.05) is 6.07 Å². The lowest BCUT2D eigenvalue weighted by Crippen LogP contribution is -2.08. The highest BCUT2D eigenvalue weighted by Crippen LogP contribution is 2.36. The summed E-state index contributed by atoms with van der Waals surface area (Å²) in [5.41, 5.74) is 0. The van der Waals surface area contributed by atoms with Crippen LogP contribution in [0.3, 0.4) is 0 Å². The van der Waals surface area contributed by atoms with E-state index in [0.717, 1.165) is 23.6 Å². The fraction of sp³-hybridized carbons (Fsp3) is 0.667. The van der Waals surface area contributed by atoms with Gasteiger partial charge in [0, 0.05) is 10.3 Å². The number of allylic oxidation sites excluding steroid dienone is 2. The lowest BCUT2D eigenvalue weighted by molar-refractivity contribution is 0.0702. The Morgan fingerprint density at radius 1 is 1.28 bits per heavy atom. The van der Waals surface area contributed by atoms with Gasteiger partial charge in [-0.1, -0.05) is 52.2 Å². The zero-order valence-electron chi connectivity index (χ0n) is 15.8. The second kappa shape index (κ2) is 12.5. The molecule has 2 nitrogen and oxygen atoms in total. The maximum atomic E-state index is 10.4. The molecule has 142 valence electrons. The van der Waals surface area contributed by atoms with E-state index >= 15 is 0 Å². The number of hydrogen-bond acceptors (Lipinski definition) is 2. The molecule has 1 aliphatic rings. The minimum atomic E-state index is -0.822. The Balaban J connectivity index is 0.000000257. The number of aryl methyl sites for hydroxylation is 1. The van der Waals surface area contributed by atoms with Gasteiger partial charge < -0.3 is 5.11 Å². The number of thiophene rings is 1. The maximum Gasteiger partial charge on any atom is 0.345 e. The summed E-state index contributed by atoms with van der Waals surface area (Å²) in [7, 11) is 0. The Labute approximate surface area is 162 Å². The molecule has 3 atom stereocenters. The van der Waals surface area contributed by atoms with Crippen LogP contribution in [-0.2, 0) is 6.42 Å². The largest absolute Gasteiger partial charge is 0.477 e. The SMILES string of the molecule is CCCCC/C=C/C1CC[C@@H](Cl)C1C.CCCc1ccc(C(=O)O)s1. The summed E-state index contributed by atoms with van der Waals surface area (Å²) in [6.07, 6.45) is 14.6. The van der Waals surface area contributed by atoms with Crippen LogP contribution in [0.5, 0.6) is 0 Å². The first-order valence-corrected chi connectivity index (χ1v) is 10.9. The van der Waals surface area contributed by atoms with Crippen molar-refractivity contribution >= 4 is 28.9 Å². The van der Waals surface area contributed by atoms with Crippen molar-refractivity contribution in [1.29, 1.82) is 0 Å². The molecule has 1 aromatic heterocycles. The summed E-state index contributed by atoms with van der Waals surface area (Å²) >= 11 is 7.55. The predicted molar refractivity (Wildman–Crippen MR) is 110 cm³/mol. The number of unbranched alkanes of at least 4 members (excludes halogenated alkanes) is 3. The predicted octanol–water partition coefficient (Wildman–Crippen LogP) is 7.18. The van der Waals surface area contributed by atoms with Crippen LogP contribution in [-0.4, -0.2) is 16.5 Å². The Bertz CT molecular complexity index is 524. The Morgan fingerprint density at radius 2 is 2.04 bits per heavy atom. The van der Waals surface area contributed by atoms with E-state index in [1.165, 1.54) is 49.9 Å². The molecule has 0 bridgehead atoms. The summed E-state index contributed by atoms with van der Waals surface area (Å²) in [5.74, 6) is 0.607. The van der Waals surface area contributed by atoms with Gasteiger partial charge in [-0.25, -0.2) is 4.79 Å². The first-order chi connectivity index (χ1) is 12.0. The van der Waals surface area contributed by atoms with Crippen LogP contribution in [0, 0.1) is 11.8 Å². The number of aromatic carboxylic acids is 1. The number of alkyl halides is 1. The van der Waals surface area contributed by atoms with E-state index in [9.17, 15) is 4.79 Å². The minimum Gasteiger partial charge on any atom is -0.477 e. The van der Waals surface area contributed by atoms with Crippen molar-refractivity contribution in [2.45, 2.75) is 77.5 Å². The van der Waals surface area contributed by atoms with Crippen LogP contribution in [0.15, 0.2) is 24.3 Å². The zero-order chi connectivity index (χ0) is 18.7. The summed E-state index contributed by atoms with van der Waals surface area (Å²) in [6, 6.07) is 3.55. The lowest BCUT2D eigenvalue weighted by atomic mass is 9.97. The van der Waals surface area contributed by atoms with Crippen LogP contribution in [0.4, 0.5) is 0 Å². The lowest BCUT2D eigenvalue weighted by Gasteiger charge is -2.12. The van der Waals surface area contributed by atoms with Crippen molar-refractivity contribution < 1.29 is 9.90 Å². The molecule has 0 saturated heterocycles. The number of carboxylic acids is 1. The summed E-state index contributed by atoms with van der Waals surface area (Å²) < 4.78 is 0. The molecular formula is C21H33ClO2S. The standard InChI is InChI=1S/C13H23Cl.C8H10O2S/c1-3-4-5-6-7-8-12-9-10-13(14)11(12)2;1-2-3-6-4-5-7(11-6)8(9)10/h7-8,11-13H,3-6,9-10H2,1-2H3;4-5H,2-3H2,1H3,(H,9,10)/b8-7+;/t11?,12?,13-;/m1./s1. The smallest absolute Gasteiger partial charge is 0.345 e. The fourth-order valence-electron chi connectivity index (χ4n) is 3.07. The topological polar surface area (TPSA) is 37.3 Å². The molecule has 1 N–H and O–H groups in total. The third-order valence-corrected chi connectivity index (χ3v) is 6.50. The molecule has 2 unspecified atom stereocenters. The number of hydrogen-bond donors (Lipinski definition) is 1. The van der Waals surface area contributed by atoms with Crippen LogP contribution < -0.4 is 0 Å². The summed E-state index contributed by atoms with van der Waals surface area (Å²) in [4.78, 5) is 12.0. The quantitative estimate of drug-likeness (QED) is 0.293. The molecule has 0 amide bonds. The molecule has 0 aliphatic heterocycles. The average molecular weight is 385 g/mol. The van der Waals surface area contributed by atoms with E-state index < -0.39 is 5.97 Å². The van der Waals surface area contributed by atoms with Gasteiger partial charge in [-0.05, 0) is 56.1 Å². The van der Waals surface area contributed by atoms with E-state index in [2.05, 4.69) is 32.9 Å². The van der Waals surface area contributed by atoms with Crippen molar-refractivity contribution in [2.24, 2.45) is 11.8 Å². The van der Waals surface area contributed by atoms with Gasteiger partial charge in [-0.15, -0.1) is 22.9 Å². The normalized spacial score (nSPS) is 22.8. The second-order valence-electron chi connectivity index (χ2n) is 6.86. The Hall–Kier alpha value is -0.800. The van der Waals surface area contributed by atoms with Crippen LogP contribution in [0.25, 0.3) is 0 Å². The first-order valence-electron chi connectivity index (χ1n) is 9.62. The van der Waals surface area contributed by atoms with Crippen molar-refractivity contribution in [3.8, 4) is 0 Å². The third-order valence-electron chi connectivity index (χ3n) is 4.75. The Morgan fingerprint density at radius 3 is 2.56 bits per heavy atom. The second-order valence-corrected chi connectivity index (χ2v) is 8.59. The van der Waals surface area contributed by atoms with E-state index in [0.29, 0.717) is 16.2 Å². The highest BCUT2D eigenvalue weighted by Gasteiger charge is 2.29. The van der Waals surface area contributed by atoms with Gasteiger partial charge in [0.2, 0.25) is 0 Å². The molecule has 0 aromatic carbocycles. The highest BCUT2D eigenvalue weighted by molar-refractivity contribution is 7.13. The van der Waals surface area contributed by atoms with E-state index in [-0.39, 0.29) is 0 Å². The zero-order valence-corrected chi connectivity index (χ0v) is 17.4. The molecule has 1 heterocycles. The molecule has 1 aromatic rings. The van der Waals surface area contributed by atoms with Crippen LogP contribution in [0.2, 0.25) is 0 Å². The molecule has 4 heteroatoms. The number of carboxylic acid groups (broad SMARTS) is 1. The van der Waals surface area contributed by atoms with Gasteiger partial charge in [0.1, 0.15) is 4.88 Å². The molecule has 25 heavy (non-hydrogen) atoms. The van der Waals surface area contributed by atoms with Crippen molar-refractivity contribution in [3.05, 3.63) is 34.0 Å². The van der Waals surface area contributed by atoms with Gasteiger partial charge in [0.25, 0.3) is 0 Å². The van der Waals surface area contributed by atoms with E-state index in [4.69, 9.17) is 16.7 Å². The highest BCUT2D eigenvalue weighted by atomic mass is 35.5. The average Bonchev–Trinajstić information content (AvgIpc) is 3.18. The van der Waals surface area contributed by atoms with E-state index in [1.54, 1.807) is 6.07 Å². The molecular weight excluding hydrogens is 352 g/mol. The van der Waals surface area contributed by atoms with Crippen LogP contribution in [0.1, 0.15) is 80.3 Å². The van der Waals surface area contributed by atoms with Crippen molar-refractivity contribution in [1.82, 2.24) is 0 Å². The maximum absolute atomic E-state index is 10.4. The molecule has 1 saturated carbocycles. The van der Waals surface area contributed by atoms with Gasteiger partial charge >= 0.3 is 5.97 Å². The van der Waals surface area contributed by atoms with Gasteiger partial charge in [0.15, 0.2) is 0 Å². The summed E-state index contributed by atoms with van der Waals surface area (Å²) in [5, 5.41) is 8.99. The minimum absolute atomic E-state index is 0.417. The molecule has 1 fully saturated rings. The number of rotatable bonds is 8. The van der Waals surface area contributed by atoms with Crippen molar-refractivity contribution in [2.75, 3.05) is 0 Å². The molecule has 2 rings (SSSR count). The van der Waals surface area contributed by atoms with Gasteiger partial charge in [-0.2, -0.15) is 0 Å². The third kappa shape index (κ3) is 8.42. The van der Waals surface area contributed by atoms with Gasteiger partial charge in [0.05, 0.1) is 0 Å². The molecule has 0 spiro atoms. The van der Waals surface area contributed by atoms with Crippen molar-refractivity contribution in [3.63, 3.8) is 0 Å². The number of carbonyl (C=O) groups is 1. The number of halogens is 1. The molecule has 1 aliphatic carbocycles. The first kappa shape index (κ1) is 22.2. The monoisotopic (exact) mass is 384 g/mol.